The highest BCUT2D eigenvalue weighted by molar-refractivity contribution is 7.99. The second kappa shape index (κ2) is 6.60. The Balaban J connectivity index is 1.68. The molecular weight excluding hydrogens is 286 g/mol. The van der Waals surface area contributed by atoms with Crippen molar-refractivity contribution in [1.82, 2.24) is 14.8 Å². The quantitative estimate of drug-likeness (QED) is 0.813. The van der Waals surface area contributed by atoms with Gasteiger partial charge in [0.2, 0.25) is 0 Å². The van der Waals surface area contributed by atoms with Crippen molar-refractivity contribution in [3.63, 3.8) is 0 Å². The molecule has 1 aliphatic rings. The molecule has 2 heterocycles. The number of ether oxygens (including phenoxy) is 2. The van der Waals surface area contributed by atoms with Gasteiger partial charge in [-0.1, -0.05) is 41.6 Å². The number of aryl methyl sites for hydroxylation is 1. The molecule has 3 rings (SSSR count). The van der Waals surface area contributed by atoms with Crippen LogP contribution in [0, 0.1) is 6.92 Å². The van der Waals surface area contributed by atoms with Crippen molar-refractivity contribution in [2.24, 2.45) is 7.05 Å². The maximum absolute atomic E-state index is 5.54. The summed E-state index contributed by atoms with van der Waals surface area (Å²) in [5.74, 6) is 1.77. The van der Waals surface area contributed by atoms with E-state index in [0.29, 0.717) is 6.79 Å². The van der Waals surface area contributed by atoms with Crippen molar-refractivity contribution >= 4 is 11.8 Å². The molecule has 0 N–H and O–H groups in total. The van der Waals surface area contributed by atoms with Gasteiger partial charge in [-0.2, -0.15) is 0 Å². The predicted molar refractivity (Wildman–Crippen MR) is 82.2 cm³/mol. The predicted octanol–water partition coefficient (Wildman–Crippen LogP) is 2.65. The van der Waals surface area contributed by atoms with Crippen molar-refractivity contribution in [2.45, 2.75) is 24.6 Å². The van der Waals surface area contributed by atoms with Crippen LogP contribution in [0.5, 0.6) is 0 Å². The fourth-order valence-corrected chi connectivity index (χ4v) is 3.17. The zero-order chi connectivity index (χ0) is 14.7. The Labute approximate surface area is 128 Å². The van der Waals surface area contributed by atoms with Crippen LogP contribution in [0.2, 0.25) is 0 Å². The van der Waals surface area contributed by atoms with Crippen molar-refractivity contribution in [2.75, 3.05) is 19.2 Å². The van der Waals surface area contributed by atoms with Crippen molar-refractivity contribution in [3.8, 4) is 11.4 Å². The van der Waals surface area contributed by atoms with Gasteiger partial charge < -0.3 is 14.0 Å². The van der Waals surface area contributed by atoms with E-state index in [0.717, 1.165) is 35.3 Å². The van der Waals surface area contributed by atoms with Crippen LogP contribution < -0.4 is 0 Å². The second-order valence-electron chi connectivity index (χ2n) is 5.15. The van der Waals surface area contributed by atoms with Crippen LogP contribution in [0.15, 0.2) is 29.4 Å². The van der Waals surface area contributed by atoms with Crippen molar-refractivity contribution < 1.29 is 9.47 Å². The van der Waals surface area contributed by atoms with Crippen LogP contribution in [0.1, 0.15) is 12.0 Å². The van der Waals surface area contributed by atoms with E-state index < -0.39 is 0 Å². The first-order chi connectivity index (χ1) is 10.2. The van der Waals surface area contributed by atoms with Gasteiger partial charge in [-0.15, -0.1) is 10.2 Å². The topological polar surface area (TPSA) is 49.2 Å². The van der Waals surface area contributed by atoms with E-state index in [2.05, 4.69) is 41.4 Å². The highest BCUT2D eigenvalue weighted by Gasteiger charge is 2.17. The summed E-state index contributed by atoms with van der Waals surface area (Å²) < 4.78 is 12.8. The van der Waals surface area contributed by atoms with E-state index in [-0.39, 0.29) is 6.10 Å². The molecule has 112 valence electrons. The first kappa shape index (κ1) is 14.6. The normalized spacial score (nSPS) is 18.9. The highest BCUT2D eigenvalue weighted by atomic mass is 32.2. The van der Waals surface area contributed by atoms with Crippen LogP contribution >= 0.6 is 11.8 Å². The van der Waals surface area contributed by atoms with E-state index in [1.165, 1.54) is 5.56 Å². The summed E-state index contributed by atoms with van der Waals surface area (Å²) in [7, 11) is 2.00. The van der Waals surface area contributed by atoms with Crippen molar-refractivity contribution in [1.29, 1.82) is 0 Å². The zero-order valence-electron chi connectivity index (χ0n) is 12.3. The molecule has 0 amide bonds. The fourth-order valence-electron chi connectivity index (χ4n) is 2.19. The van der Waals surface area contributed by atoms with Crippen LogP contribution in [0.4, 0.5) is 0 Å². The maximum Gasteiger partial charge on any atom is 0.191 e. The third kappa shape index (κ3) is 3.45. The van der Waals surface area contributed by atoms with Gasteiger partial charge in [0, 0.05) is 18.4 Å². The minimum absolute atomic E-state index is 0.239. The Hall–Kier alpha value is -1.37. The molecule has 1 aliphatic heterocycles. The van der Waals surface area contributed by atoms with Gasteiger partial charge in [0.25, 0.3) is 0 Å². The van der Waals surface area contributed by atoms with E-state index in [1.54, 1.807) is 11.8 Å². The number of aromatic nitrogens is 3. The summed E-state index contributed by atoms with van der Waals surface area (Å²) in [6.45, 7) is 3.26. The molecule has 0 aliphatic carbocycles. The number of nitrogens with zero attached hydrogens (tertiary/aromatic N) is 3. The van der Waals surface area contributed by atoms with Gasteiger partial charge in [-0.25, -0.2) is 0 Å². The molecule has 1 aromatic carbocycles. The summed E-state index contributed by atoms with van der Waals surface area (Å²) in [5.41, 5.74) is 2.33. The number of hydrogen-bond donors (Lipinski definition) is 0. The van der Waals surface area contributed by atoms with Crippen LogP contribution in [0.3, 0.4) is 0 Å². The standard InChI is InChI=1S/C15H19N3O2S/c1-11-3-5-12(6-4-11)14-16-17-15(18(14)2)21-9-13-7-8-19-10-20-13/h3-6,13H,7-10H2,1-2H3/t13-/m0/s1. The first-order valence-corrected chi connectivity index (χ1v) is 8.01. The summed E-state index contributed by atoms with van der Waals surface area (Å²) in [6.07, 6.45) is 1.18. The molecule has 0 unspecified atom stereocenters. The van der Waals surface area contributed by atoms with Gasteiger partial charge >= 0.3 is 0 Å². The molecular formula is C15H19N3O2S. The van der Waals surface area contributed by atoms with E-state index >= 15 is 0 Å². The molecule has 5 nitrogen and oxygen atoms in total. The molecule has 1 aromatic heterocycles. The third-order valence-corrected chi connectivity index (χ3v) is 4.67. The van der Waals surface area contributed by atoms with Gasteiger partial charge in [0.05, 0.1) is 12.7 Å². The summed E-state index contributed by atoms with van der Waals surface area (Å²) in [6, 6.07) is 8.34. The Bertz CT molecular complexity index is 591. The summed E-state index contributed by atoms with van der Waals surface area (Å²) >= 11 is 1.68. The van der Waals surface area contributed by atoms with Gasteiger partial charge in [-0.05, 0) is 13.3 Å². The lowest BCUT2D eigenvalue weighted by Crippen LogP contribution is -2.25. The molecule has 0 spiro atoms. The Morgan fingerprint density at radius 2 is 2.10 bits per heavy atom. The van der Waals surface area contributed by atoms with Crippen LogP contribution in [-0.4, -0.2) is 40.0 Å². The third-order valence-electron chi connectivity index (χ3n) is 3.51. The van der Waals surface area contributed by atoms with Gasteiger partial charge in [0.1, 0.15) is 6.79 Å². The molecule has 1 saturated heterocycles. The Morgan fingerprint density at radius 1 is 1.29 bits per heavy atom. The van der Waals surface area contributed by atoms with Gasteiger partial charge in [-0.3, -0.25) is 0 Å². The fraction of sp³-hybridized carbons (Fsp3) is 0.467. The highest BCUT2D eigenvalue weighted by Crippen LogP contribution is 2.24. The van der Waals surface area contributed by atoms with E-state index in [1.807, 2.05) is 11.6 Å². The SMILES string of the molecule is Cc1ccc(-c2nnc(SC[C@@H]3CCOCO3)n2C)cc1. The second-order valence-corrected chi connectivity index (χ2v) is 6.13. The van der Waals surface area contributed by atoms with E-state index in [9.17, 15) is 0 Å². The molecule has 0 bridgehead atoms. The molecule has 21 heavy (non-hydrogen) atoms. The van der Waals surface area contributed by atoms with Gasteiger partial charge in [0.15, 0.2) is 11.0 Å². The number of hydrogen-bond acceptors (Lipinski definition) is 5. The minimum Gasteiger partial charge on any atom is -0.355 e. The Morgan fingerprint density at radius 3 is 2.81 bits per heavy atom. The summed E-state index contributed by atoms with van der Waals surface area (Å²) in [5, 5.41) is 9.51. The monoisotopic (exact) mass is 305 g/mol. The number of thioether (sulfide) groups is 1. The lowest BCUT2D eigenvalue weighted by atomic mass is 10.1. The van der Waals surface area contributed by atoms with Crippen LogP contribution in [-0.2, 0) is 16.5 Å². The van der Waals surface area contributed by atoms with Crippen LogP contribution in [0.25, 0.3) is 11.4 Å². The number of rotatable bonds is 4. The average molecular weight is 305 g/mol. The van der Waals surface area contributed by atoms with Crippen molar-refractivity contribution in [3.05, 3.63) is 29.8 Å². The molecule has 1 fully saturated rings. The minimum atomic E-state index is 0.239. The lowest BCUT2D eigenvalue weighted by molar-refractivity contribution is -0.130. The maximum atomic E-state index is 5.54. The smallest absolute Gasteiger partial charge is 0.191 e. The zero-order valence-corrected chi connectivity index (χ0v) is 13.1. The van der Waals surface area contributed by atoms with E-state index in [4.69, 9.17) is 9.47 Å². The summed E-state index contributed by atoms with van der Waals surface area (Å²) in [4.78, 5) is 0. The molecule has 0 saturated carbocycles. The lowest BCUT2D eigenvalue weighted by Gasteiger charge is -2.21. The largest absolute Gasteiger partial charge is 0.355 e. The Kier molecular flexibility index (Phi) is 4.57. The molecule has 6 heteroatoms. The number of benzene rings is 1. The molecule has 2 aromatic rings. The molecule has 0 radical (unpaired) electrons. The molecule has 1 atom stereocenters. The average Bonchev–Trinajstić information content (AvgIpc) is 2.88. The first-order valence-electron chi connectivity index (χ1n) is 7.02.